The summed E-state index contributed by atoms with van der Waals surface area (Å²) in [6, 6.07) is 0. The zero-order chi connectivity index (χ0) is 6.24. The topological polar surface area (TPSA) is 73.7 Å². The van der Waals surface area contributed by atoms with Gasteiger partial charge in [0.25, 0.3) is 0 Å². The predicted octanol–water partition coefficient (Wildman–Crippen LogP) is -1.30. The highest BCUT2D eigenvalue weighted by Crippen LogP contribution is 1.52. The Balaban J connectivity index is 2.90. The number of amides is 1. The zero-order valence-corrected chi connectivity index (χ0v) is 4.16. The number of carbonyl (C=O) groups excluding carboxylic acids is 1. The van der Waals surface area contributed by atoms with Crippen LogP contribution in [0.15, 0.2) is 4.99 Å². The molecule has 0 aliphatic carbocycles. The lowest BCUT2D eigenvalue weighted by molar-refractivity contribution is -0.109. The summed E-state index contributed by atoms with van der Waals surface area (Å²) in [7, 11) is 0. The minimum absolute atomic E-state index is 0.178. The molecule has 0 saturated heterocycles. The van der Waals surface area contributed by atoms with Crippen molar-refractivity contribution in [1.29, 1.82) is 0 Å². The van der Waals surface area contributed by atoms with Crippen LogP contribution in [-0.4, -0.2) is 24.6 Å². The van der Waals surface area contributed by atoms with Gasteiger partial charge >= 0.3 is 0 Å². The molecule has 0 aromatic rings. The number of carbonyl (C=O) groups is 1. The average molecular weight is 117 g/mol. The van der Waals surface area contributed by atoms with E-state index in [1.165, 1.54) is 0 Å². The van der Waals surface area contributed by atoms with Crippen LogP contribution in [0.3, 0.4) is 0 Å². The van der Waals surface area contributed by atoms with Gasteiger partial charge in [0.05, 0.1) is 0 Å². The zero-order valence-electron chi connectivity index (χ0n) is 4.16. The molecule has 0 fully saturated rings. The minimum atomic E-state index is 0.178. The van der Waals surface area contributed by atoms with E-state index in [-0.39, 0.29) is 6.67 Å². The van der Waals surface area contributed by atoms with Crippen LogP contribution in [0.2, 0.25) is 0 Å². The summed E-state index contributed by atoms with van der Waals surface area (Å²) >= 11 is 0. The average Bonchev–Trinajstić information content (AvgIpc) is 1.81. The lowest BCUT2D eigenvalue weighted by Gasteiger charge is -1.86. The summed E-state index contributed by atoms with van der Waals surface area (Å²) in [6.07, 6.45) is 1.59. The first-order valence-electron chi connectivity index (χ1n) is 1.96. The first-order chi connectivity index (χ1) is 3.91. The molecule has 0 aliphatic heterocycles. The second-order valence-corrected chi connectivity index (χ2v) is 0.921. The normalized spacial score (nSPS) is 9.12. The van der Waals surface area contributed by atoms with Gasteiger partial charge in [0.1, 0.15) is 13.0 Å². The predicted molar refractivity (Wildman–Crippen MR) is 27.5 cm³/mol. The van der Waals surface area contributed by atoms with Crippen molar-refractivity contribution in [1.82, 2.24) is 10.8 Å². The van der Waals surface area contributed by atoms with Crippen LogP contribution in [0.25, 0.3) is 0 Å². The molecule has 46 valence electrons. The summed E-state index contributed by atoms with van der Waals surface area (Å²) in [5.41, 5.74) is 1.68. The summed E-state index contributed by atoms with van der Waals surface area (Å²) in [5, 5.41) is 10.1. The summed E-state index contributed by atoms with van der Waals surface area (Å²) < 4.78 is 0. The molecule has 0 heterocycles. The smallest absolute Gasteiger partial charge is 0.208 e. The van der Waals surface area contributed by atoms with E-state index in [1.54, 1.807) is 5.48 Å². The molecule has 0 aliphatic rings. The molecule has 8 heavy (non-hydrogen) atoms. The maximum absolute atomic E-state index is 9.50. The van der Waals surface area contributed by atoms with Gasteiger partial charge < -0.3 is 5.32 Å². The van der Waals surface area contributed by atoms with E-state index in [0.717, 1.165) is 6.34 Å². The molecule has 1 amide bonds. The second-order valence-electron chi connectivity index (χ2n) is 0.921. The Kier molecular flexibility index (Phi) is 5.09. The molecule has 0 rings (SSSR count). The Bertz CT molecular complexity index is 82.6. The standard InChI is InChI=1S/C3H7N3O2/c7-3-5-1-4-2-6-8/h2-3,8H,1H2,(H,4,6)(H,5,7). The number of nitrogens with one attached hydrogen (secondary N) is 2. The monoisotopic (exact) mass is 117 g/mol. The molecule has 5 heteroatoms. The van der Waals surface area contributed by atoms with Crippen molar-refractivity contribution in [3.8, 4) is 0 Å². The van der Waals surface area contributed by atoms with E-state index in [4.69, 9.17) is 5.21 Å². The van der Waals surface area contributed by atoms with Gasteiger partial charge in [0.15, 0.2) is 0 Å². The van der Waals surface area contributed by atoms with Crippen molar-refractivity contribution in [2.75, 3.05) is 6.67 Å². The molecule has 0 unspecified atom stereocenters. The highest BCUT2D eigenvalue weighted by Gasteiger charge is 1.68. The Hall–Kier alpha value is -1.10. The minimum Gasteiger partial charge on any atom is -0.339 e. The van der Waals surface area contributed by atoms with E-state index >= 15 is 0 Å². The van der Waals surface area contributed by atoms with Gasteiger partial charge in [-0.1, -0.05) is 0 Å². The molecule has 5 nitrogen and oxygen atoms in total. The van der Waals surface area contributed by atoms with Crippen molar-refractivity contribution in [3.05, 3.63) is 0 Å². The van der Waals surface area contributed by atoms with Crippen LogP contribution in [0, 0.1) is 0 Å². The maximum atomic E-state index is 9.50. The van der Waals surface area contributed by atoms with Crippen LogP contribution in [0.5, 0.6) is 0 Å². The lowest BCUT2D eigenvalue weighted by atomic mass is 11.0. The Morgan fingerprint density at radius 1 is 1.75 bits per heavy atom. The number of aliphatic imine (C=N–C) groups is 1. The third-order valence-corrected chi connectivity index (χ3v) is 0.415. The highest BCUT2D eigenvalue weighted by molar-refractivity contribution is 5.53. The number of nitrogens with zero attached hydrogens (tertiary/aromatic N) is 1. The third kappa shape index (κ3) is 4.90. The molecule has 0 aromatic heterocycles. The molecular formula is C3H7N3O2. The van der Waals surface area contributed by atoms with Crippen molar-refractivity contribution >= 4 is 12.7 Å². The first kappa shape index (κ1) is 6.90. The van der Waals surface area contributed by atoms with Crippen LogP contribution >= 0.6 is 0 Å². The van der Waals surface area contributed by atoms with Gasteiger partial charge in [-0.3, -0.25) is 20.5 Å². The molecule has 0 spiro atoms. The number of hydroxylamine groups is 1. The number of hydrogen-bond acceptors (Lipinski definition) is 3. The fraction of sp³-hybridized carbons (Fsp3) is 0.333. The fourth-order valence-corrected chi connectivity index (χ4v) is 0.176. The number of rotatable bonds is 4. The highest BCUT2D eigenvalue weighted by atomic mass is 16.5. The van der Waals surface area contributed by atoms with Gasteiger partial charge in [-0.25, -0.2) is 0 Å². The third-order valence-electron chi connectivity index (χ3n) is 0.415. The van der Waals surface area contributed by atoms with Gasteiger partial charge in [-0.2, -0.15) is 0 Å². The lowest BCUT2D eigenvalue weighted by Crippen LogP contribution is -2.12. The van der Waals surface area contributed by atoms with E-state index in [2.05, 4.69) is 10.3 Å². The first-order valence-corrected chi connectivity index (χ1v) is 1.96. The van der Waals surface area contributed by atoms with E-state index in [0.29, 0.717) is 6.41 Å². The largest absolute Gasteiger partial charge is 0.339 e. The van der Waals surface area contributed by atoms with Crippen molar-refractivity contribution in [2.45, 2.75) is 0 Å². The van der Waals surface area contributed by atoms with Crippen molar-refractivity contribution in [2.24, 2.45) is 4.99 Å². The molecule has 0 atom stereocenters. The maximum Gasteiger partial charge on any atom is 0.208 e. The molecular weight excluding hydrogens is 110 g/mol. The van der Waals surface area contributed by atoms with Crippen molar-refractivity contribution in [3.63, 3.8) is 0 Å². The summed E-state index contributed by atoms with van der Waals surface area (Å²) in [6.45, 7) is 0.178. The Morgan fingerprint density at radius 3 is 3.00 bits per heavy atom. The van der Waals surface area contributed by atoms with Gasteiger partial charge in [0.2, 0.25) is 6.41 Å². The van der Waals surface area contributed by atoms with Crippen LogP contribution < -0.4 is 10.8 Å². The molecule has 0 radical (unpaired) electrons. The SMILES string of the molecule is O=CNCN=CNO. The van der Waals surface area contributed by atoms with Crippen LogP contribution in [-0.2, 0) is 4.79 Å². The van der Waals surface area contributed by atoms with Crippen molar-refractivity contribution < 1.29 is 10.0 Å². The Labute approximate surface area is 46.4 Å². The van der Waals surface area contributed by atoms with Gasteiger partial charge in [-0.05, 0) is 0 Å². The fourth-order valence-electron chi connectivity index (χ4n) is 0.176. The van der Waals surface area contributed by atoms with Gasteiger partial charge in [0, 0.05) is 0 Å². The summed E-state index contributed by atoms with van der Waals surface area (Å²) in [5.74, 6) is 0. The molecule has 3 N–H and O–H groups in total. The molecule has 0 aromatic carbocycles. The Morgan fingerprint density at radius 2 is 2.50 bits per heavy atom. The van der Waals surface area contributed by atoms with Gasteiger partial charge in [-0.15, -0.1) is 0 Å². The van der Waals surface area contributed by atoms with Crippen LogP contribution in [0.4, 0.5) is 0 Å². The molecule has 0 saturated carbocycles. The summed E-state index contributed by atoms with van der Waals surface area (Å²) in [4.78, 5) is 13.0. The second kappa shape index (κ2) is 5.90. The molecule has 0 bridgehead atoms. The van der Waals surface area contributed by atoms with E-state index in [1.807, 2.05) is 0 Å². The number of hydrogen-bond donors (Lipinski definition) is 3. The quantitative estimate of drug-likeness (QED) is 0.141. The van der Waals surface area contributed by atoms with E-state index in [9.17, 15) is 4.79 Å². The van der Waals surface area contributed by atoms with Crippen LogP contribution in [0.1, 0.15) is 0 Å². The van der Waals surface area contributed by atoms with E-state index < -0.39 is 0 Å².